The van der Waals surface area contributed by atoms with Crippen molar-refractivity contribution < 1.29 is 9.59 Å². The van der Waals surface area contributed by atoms with Crippen LogP contribution in [0.1, 0.15) is 0 Å². The van der Waals surface area contributed by atoms with Crippen molar-refractivity contribution in [2.45, 2.75) is 0 Å². The molecule has 0 bridgehead atoms. The first-order valence-electron chi connectivity index (χ1n) is 2.97. The van der Waals surface area contributed by atoms with Crippen LogP contribution in [-0.4, -0.2) is 22.4 Å². The summed E-state index contributed by atoms with van der Waals surface area (Å²) in [7, 11) is 0. The van der Waals surface area contributed by atoms with Crippen LogP contribution in [0.5, 0.6) is 0 Å². The second-order valence-electron chi connectivity index (χ2n) is 1.53. The van der Waals surface area contributed by atoms with E-state index in [2.05, 4.69) is 15.7 Å². The number of primary amides is 1. The zero-order valence-corrected chi connectivity index (χ0v) is 6.18. The van der Waals surface area contributed by atoms with E-state index in [0.29, 0.717) is 0 Å². The molecule has 6 heteroatoms. The van der Waals surface area contributed by atoms with E-state index in [-0.39, 0.29) is 6.41 Å². The van der Waals surface area contributed by atoms with Crippen molar-refractivity contribution in [3.8, 4) is 0 Å². The average molecular weight is 168 g/mol. The van der Waals surface area contributed by atoms with E-state index in [1.807, 2.05) is 0 Å². The Morgan fingerprint density at radius 2 is 2.00 bits per heavy atom. The molecule has 3 amide bonds. The third kappa shape index (κ3) is 8.02. The molecule has 0 aliphatic carbocycles. The van der Waals surface area contributed by atoms with Crippen LogP contribution >= 0.6 is 0 Å². The number of imide groups is 1. The summed E-state index contributed by atoms with van der Waals surface area (Å²) in [5.41, 5.74) is 4.42. The third-order valence-corrected chi connectivity index (χ3v) is 0.679. The maximum Gasteiger partial charge on any atom is 0.318 e. The Balaban J connectivity index is 0.000000202. The van der Waals surface area contributed by atoms with Gasteiger partial charge in [-0.3, -0.25) is 10.1 Å². The van der Waals surface area contributed by atoms with Gasteiger partial charge in [0.05, 0.1) is 0 Å². The first-order valence-corrected chi connectivity index (χ1v) is 2.97. The van der Waals surface area contributed by atoms with Crippen LogP contribution in [-0.2, 0) is 4.79 Å². The van der Waals surface area contributed by atoms with E-state index in [0.717, 1.165) is 0 Å². The van der Waals surface area contributed by atoms with Gasteiger partial charge < -0.3 is 5.73 Å². The smallest absolute Gasteiger partial charge is 0.318 e. The number of hydrogen-bond acceptors (Lipinski definition) is 4. The van der Waals surface area contributed by atoms with Gasteiger partial charge in [-0.2, -0.15) is 0 Å². The van der Waals surface area contributed by atoms with Crippen molar-refractivity contribution in [1.29, 1.82) is 0 Å². The maximum atomic E-state index is 9.48. The number of nitrogens with one attached hydrogen (secondary N) is 1. The highest BCUT2D eigenvalue weighted by Gasteiger charge is 1.79. The Kier molecular flexibility index (Phi) is 5.95. The Hall–Kier alpha value is -1.98. The van der Waals surface area contributed by atoms with Gasteiger partial charge >= 0.3 is 6.03 Å². The van der Waals surface area contributed by atoms with Crippen LogP contribution in [0.3, 0.4) is 0 Å². The van der Waals surface area contributed by atoms with Gasteiger partial charge in [-0.1, -0.05) is 0 Å². The Morgan fingerprint density at radius 1 is 1.42 bits per heavy atom. The van der Waals surface area contributed by atoms with Crippen LogP contribution in [0.15, 0.2) is 24.8 Å². The molecule has 0 aromatic carbocycles. The number of urea groups is 1. The minimum atomic E-state index is -0.829. The molecule has 0 spiro atoms. The molecule has 12 heavy (non-hydrogen) atoms. The van der Waals surface area contributed by atoms with Crippen LogP contribution in [0, 0.1) is 0 Å². The number of nitrogens with two attached hydrogens (primary N) is 1. The van der Waals surface area contributed by atoms with Crippen LogP contribution < -0.4 is 11.1 Å². The predicted octanol–water partition coefficient (Wildman–Crippen LogP) is -0.712. The molecular formula is C6H8N4O2. The first-order chi connectivity index (χ1) is 5.77. The van der Waals surface area contributed by atoms with Crippen molar-refractivity contribution in [2.75, 3.05) is 0 Å². The van der Waals surface area contributed by atoms with Crippen molar-refractivity contribution in [3.63, 3.8) is 0 Å². The second-order valence-corrected chi connectivity index (χ2v) is 1.53. The number of carbonyl (C=O) groups excluding carboxylic acids is 2. The normalized spacial score (nSPS) is 7.33. The zero-order valence-electron chi connectivity index (χ0n) is 6.18. The van der Waals surface area contributed by atoms with E-state index < -0.39 is 6.03 Å². The van der Waals surface area contributed by atoms with E-state index in [1.54, 1.807) is 23.8 Å². The minimum absolute atomic E-state index is 0.225. The quantitative estimate of drug-likeness (QED) is 0.541. The summed E-state index contributed by atoms with van der Waals surface area (Å²) in [6.07, 6.45) is 5.10. The number of carbonyl (C=O) groups is 2. The predicted molar refractivity (Wildman–Crippen MR) is 40.8 cm³/mol. The molecule has 1 rings (SSSR count). The number of rotatable bonds is 1. The van der Waals surface area contributed by atoms with Gasteiger partial charge in [-0.15, -0.1) is 0 Å². The molecule has 0 unspecified atom stereocenters. The van der Waals surface area contributed by atoms with E-state index in [4.69, 9.17) is 0 Å². The highest BCUT2D eigenvalue weighted by Crippen LogP contribution is 1.66. The van der Waals surface area contributed by atoms with Crippen LogP contribution in [0.2, 0.25) is 0 Å². The van der Waals surface area contributed by atoms with Crippen LogP contribution in [0.4, 0.5) is 4.79 Å². The molecule has 0 aliphatic heterocycles. The average Bonchev–Trinajstić information content (AvgIpc) is 2.08. The Morgan fingerprint density at radius 3 is 2.08 bits per heavy atom. The van der Waals surface area contributed by atoms with Crippen molar-refractivity contribution in [3.05, 3.63) is 24.8 Å². The van der Waals surface area contributed by atoms with E-state index >= 15 is 0 Å². The van der Waals surface area contributed by atoms with Crippen molar-refractivity contribution in [2.24, 2.45) is 5.73 Å². The fraction of sp³-hybridized carbons (Fsp3) is 0. The van der Waals surface area contributed by atoms with Gasteiger partial charge in [0.15, 0.2) is 0 Å². The summed E-state index contributed by atoms with van der Waals surface area (Å²) in [5, 5.41) is 1.67. The molecule has 64 valence electrons. The van der Waals surface area contributed by atoms with Crippen molar-refractivity contribution in [1.82, 2.24) is 15.3 Å². The van der Waals surface area contributed by atoms with E-state index in [1.165, 1.54) is 6.33 Å². The molecule has 0 atom stereocenters. The SMILES string of the molecule is NC(=O)NC=O.c1cncnc1. The second kappa shape index (κ2) is 7.13. The van der Waals surface area contributed by atoms with Gasteiger partial charge in [0.1, 0.15) is 6.33 Å². The number of amides is 3. The highest BCUT2D eigenvalue weighted by atomic mass is 16.2. The summed E-state index contributed by atoms with van der Waals surface area (Å²) in [6, 6.07) is 0.949. The Labute approximate surface area is 68.8 Å². The van der Waals surface area contributed by atoms with Crippen molar-refractivity contribution >= 4 is 12.4 Å². The van der Waals surface area contributed by atoms with Gasteiger partial charge in [0, 0.05) is 12.4 Å². The summed E-state index contributed by atoms with van der Waals surface area (Å²) in [4.78, 5) is 26.0. The molecule has 0 radical (unpaired) electrons. The van der Waals surface area contributed by atoms with Crippen LogP contribution in [0.25, 0.3) is 0 Å². The van der Waals surface area contributed by atoms with Gasteiger partial charge in [0.2, 0.25) is 6.41 Å². The lowest BCUT2D eigenvalue weighted by atomic mass is 10.7. The number of hydrogen-bond donors (Lipinski definition) is 2. The minimum Gasteiger partial charge on any atom is -0.351 e. The first kappa shape index (κ1) is 10.0. The lowest BCUT2D eigenvalue weighted by molar-refractivity contribution is -0.108. The molecule has 6 nitrogen and oxygen atoms in total. The summed E-state index contributed by atoms with van der Waals surface area (Å²) in [5.74, 6) is 0. The zero-order chi connectivity index (χ0) is 9.23. The lowest BCUT2D eigenvalue weighted by Crippen LogP contribution is -2.27. The van der Waals surface area contributed by atoms with Gasteiger partial charge in [-0.25, -0.2) is 14.8 Å². The summed E-state index contributed by atoms with van der Waals surface area (Å²) >= 11 is 0. The number of aromatic nitrogens is 2. The maximum absolute atomic E-state index is 9.48. The molecule has 3 N–H and O–H groups in total. The van der Waals surface area contributed by atoms with E-state index in [9.17, 15) is 9.59 Å². The third-order valence-electron chi connectivity index (χ3n) is 0.679. The standard InChI is InChI=1S/C4H4N2.C2H4N2O2/c1-2-5-4-6-3-1;3-2(6)4-1-5/h1-4H;1H,(H3,3,4,5,6). The lowest BCUT2D eigenvalue weighted by Gasteiger charge is -1.79. The molecule has 1 aromatic rings. The molecule has 1 heterocycles. The monoisotopic (exact) mass is 168 g/mol. The Bertz CT molecular complexity index is 200. The largest absolute Gasteiger partial charge is 0.351 e. The topological polar surface area (TPSA) is 98.0 Å². The van der Waals surface area contributed by atoms with Gasteiger partial charge in [0.25, 0.3) is 0 Å². The fourth-order valence-electron chi connectivity index (χ4n) is 0.311. The molecule has 1 aromatic heterocycles. The molecule has 0 saturated carbocycles. The molecule has 0 aliphatic rings. The molecular weight excluding hydrogens is 160 g/mol. The molecule has 0 saturated heterocycles. The summed E-state index contributed by atoms with van der Waals surface area (Å²) in [6.45, 7) is 0. The fourth-order valence-corrected chi connectivity index (χ4v) is 0.311. The van der Waals surface area contributed by atoms with Gasteiger partial charge in [-0.05, 0) is 6.07 Å². The number of nitrogens with zero attached hydrogens (tertiary/aromatic N) is 2. The molecule has 0 fully saturated rings. The summed E-state index contributed by atoms with van der Waals surface area (Å²) < 4.78 is 0. The highest BCUT2D eigenvalue weighted by molar-refractivity contribution is 5.82.